The van der Waals surface area contributed by atoms with Gasteiger partial charge in [0.05, 0.1) is 49.1 Å². The molecular formula is C34H47N3O6S. The Kier molecular flexibility index (Phi) is 11.2. The largest absolute Gasteiger partial charge is 0.465 e. The fourth-order valence-electron chi connectivity index (χ4n) is 7.54. The van der Waals surface area contributed by atoms with E-state index >= 15 is 0 Å². The highest BCUT2D eigenvalue weighted by Crippen LogP contribution is 2.67. The van der Waals surface area contributed by atoms with E-state index in [0.717, 1.165) is 44.3 Å². The van der Waals surface area contributed by atoms with Crippen LogP contribution in [-0.4, -0.2) is 119 Å². The molecule has 2 amide bonds. The van der Waals surface area contributed by atoms with Crippen molar-refractivity contribution in [2.45, 2.75) is 60.6 Å². The lowest BCUT2D eigenvalue weighted by Crippen LogP contribution is -2.58. The minimum atomic E-state index is -0.786. The fourth-order valence-corrected chi connectivity index (χ4v) is 9.72. The molecule has 0 aliphatic carbocycles. The number of hydrogen-bond acceptors (Lipinski definition) is 8. The van der Waals surface area contributed by atoms with E-state index in [4.69, 9.17) is 9.47 Å². The Bertz CT molecular complexity index is 1180. The van der Waals surface area contributed by atoms with E-state index in [-0.39, 0.29) is 29.6 Å². The minimum Gasteiger partial charge on any atom is -0.465 e. The zero-order valence-electron chi connectivity index (χ0n) is 25.7. The Morgan fingerprint density at radius 1 is 1.18 bits per heavy atom. The van der Waals surface area contributed by atoms with Crippen molar-refractivity contribution in [3.8, 4) is 0 Å². The van der Waals surface area contributed by atoms with Crippen molar-refractivity contribution in [3.63, 3.8) is 0 Å². The van der Waals surface area contributed by atoms with Crippen LogP contribution >= 0.6 is 11.8 Å². The number of amides is 2. The lowest BCUT2D eigenvalue weighted by molar-refractivity contribution is -0.154. The van der Waals surface area contributed by atoms with Crippen molar-refractivity contribution < 1.29 is 29.0 Å². The normalized spacial score (nSPS) is 28.5. The Balaban J connectivity index is 1.44. The molecule has 2 bridgehead atoms. The van der Waals surface area contributed by atoms with Gasteiger partial charge < -0.3 is 24.4 Å². The van der Waals surface area contributed by atoms with E-state index in [0.29, 0.717) is 52.3 Å². The van der Waals surface area contributed by atoms with Gasteiger partial charge in [-0.1, -0.05) is 42.5 Å². The van der Waals surface area contributed by atoms with Crippen LogP contribution in [0.5, 0.6) is 0 Å². The summed E-state index contributed by atoms with van der Waals surface area (Å²) in [7, 11) is 0. The fraction of sp³-hybridized carbons (Fsp3) is 0.618. The average Bonchev–Trinajstić information content (AvgIpc) is 3.70. The van der Waals surface area contributed by atoms with E-state index < -0.39 is 28.7 Å². The number of carbonyl (C=O) groups is 3. The van der Waals surface area contributed by atoms with Crippen LogP contribution in [0, 0.1) is 11.8 Å². The van der Waals surface area contributed by atoms with Crippen molar-refractivity contribution in [2.75, 3.05) is 59.2 Å². The number of likely N-dealkylation sites (tertiary alicyclic amines) is 1. The van der Waals surface area contributed by atoms with Crippen LogP contribution in [0.15, 0.2) is 55.6 Å². The van der Waals surface area contributed by atoms with E-state index in [9.17, 15) is 19.5 Å². The van der Waals surface area contributed by atoms with Crippen LogP contribution in [0.25, 0.3) is 0 Å². The topological polar surface area (TPSA) is 99.6 Å². The summed E-state index contributed by atoms with van der Waals surface area (Å²) in [6, 6.07) is 8.35. The van der Waals surface area contributed by atoms with Crippen molar-refractivity contribution >= 4 is 29.5 Å². The van der Waals surface area contributed by atoms with Gasteiger partial charge in [0.15, 0.2) is 0 Å². The molecule has 6 atom stereocenters. The van der Waals surface area contributed by atoms with Gasteiger partial charge in [0.2, 0.25) is 11.8 Å². The van der Waals surface area contributed by atoms with Gasteiger partial charge in [-0.05, 0) is 44.1 Å². The number of benzene rings is 1. The maximum absolute atomic E-state index is 14.7. The number of nitrogens with zero attached hydrogens (tertiary/aromatic N) is 3. The maximum atomic E-state index is 14.7. The first-order valence-corrected chi connectivity index (χ1v) is 16.9. The zero-order chi connectivity index (χ0) is 31.1. The van der Waals surface area contributed by atoms with Crippen molar-refractivity contribution in [3.05, 3.63) is 61.2 Å². The first-order chi connectivity index (χ1) is 21.4. The molecule has 44 heavy (non-hydrogen) atoms. The predicted molar refractivity (Wildman–Crippen MR) is 171 cm³/mol. The summed E-state index contributed by atoms with van der Waals surface area (Å²) in [6.45, 7) is 12.2. The summed E-state index contributed by atoms with van der Waals surface area (Å²) < 4.78 is 10.5. The smallest absolute Gasteiger partial charge is 0.310 e. The van der Waals surface area contributed by atoms with E-state index in [2.05, 4.69) is 18.1 Å². The van der Waals surface area contributed by atoms with Gasteiger partial charge in [0, 0.05) is 38.0 Å². The molecule has 4 saturated heterocycles. The van der Waals surface area contributed by atoms with Gasteiger partial charge in [0.25, 0.3) is 0 Å². The summed E-state index contributed by atoms with van der Waals surface area (Å²) >= 11 is 1.63. The number of thioether (sulfide) groups is 1. The molecular weight excluding hydrogens is 578 g/mol. The second-order valence-corrected chi connectivity index (χ2v) is 13.9. The number of aliphatic hydroxyl groups excluding tert-OH is 1. The van der Waals surface area contributed by atoms with Gasteiger partial charge in [0.1, 0.15) is 6.04 Å². The first-order valence-electron chi connectivity index (χ1n) is 16.1. The second-order valence-electron chi connectivity index (χ2n) is 12.3. The van der Waals surface area contributed by atoms with Gasteiger partial charge in [-0.15, -0.1) is 24.9 Å². The number of esters is 1. The Hall–Kier alpha value is -2.66. The quantitative estimate of drug-likeness (QED) is 0.170. The van der Waals surface area contributed by atoms with Crippen LogP contribution in [0.4, 0.5) is 0 Å². The molecule has 9 nitrogen and oxygen atoms in total. The number of carbonyl (C=O) groups excluding carboxylic acids is 3. The first kappa shape index (κ1) is 32.7. The molecule has 4 fully saturated rings. The van der Waals surface area contributed by atoms with Crippen molar-refractivity contribution in [1.29, 1.82) is 0 Å². The number of ether oxygens (including phenoxy) is 2. The number of morpholine rings is 1. The molecule has 0 aromatic heterocycles. The molecule has 1 aromatic carbocycles. The Morgan fingerprint density at radius 3 is 2.66 bits per heavy atom. The summed E-state index contributed by atoms with van der Waals surface area (Å²) in [5.41, 5.74) is 0.975. The highest BCUT2D eigenvalue weighted by Gasteiger charge is 2.74. The lowest BCUT2D eigenvalue weighted by Gasteiger charge is -2.40. The summed E-state index contributed by atoms with van der Waals surface area (Å²) in [5, 5.41) is 10.6. The second kappa shape index (κ2) is 15.1. The maximum Gasteiger partial charge on any atom is 0.310 e. The molecule has 1 spiro atoms. The Labute approximate surface area is 265 Å². The molecule has 4 heterocycles. The molecule has 1 N–H and O–H groups in total. The zero-order valence-corrected chi connectivity index (χ0v) is 26.5. The van der Waals surface area contributed by atoms with Crippen molar-refractivity contribution in [1.82, 2.24) is 14.7 Å². The van der Waals surface area contributed by atoms with Crippen molar-refractivity contribution in [2.24, 2.45) is 11.8 Å². The minimum absolute atomic E-state index is 0.0648. The summed E-state index contributed by atoms with van der Waals surface area (Å²) in [5.74, 6) is -1.94. The third kappa shape index (κ3) is 6.64. The molecule has 1 aromatic rings. The molecule has 2 unspecified atom stereocenters. The number of hydrogen-bond donors (Lipinski definition) is 1. The van der Waals surface area contributed by atoms with E-state index in [1.54, 1.807) is 27.6 Å². The van der Waals surface area contributed by atoms with Crippen LogP contribution in [0.1, 0.15) is 37.7 Å². The third-order valence-electron chi connectivity index (χ3n) is 9.66. The van der Waals surface area contributed by atoms with E-state index in [1.807, 2.05) is 36.4 Å². The van der Waals surface area contributed by atoms with Crippen LogP contribution < -0.4 is 0 Å². The molecule has 0 saturated carbocycles. The SMILES string of the molecule is C=CCCCCOC(=O)[C@@H]1[C@@H]2CCC3(S2)C(C(=O)N(CC=C)CCN2CCOCC2)N([C@@H](CO)Cc2ccccc2)C(=O)[C@H]13. The van der Waals surface area contributed by atoms with Gasteiger partial charge in [-0.2, -0.15) is 0 Å². The highest BCUT2D eigenvalue weighted by atomic mass is 32.2. The average molecular weight is 626 g/mol. The molecule has 240 valence electrons. The van der Waals surface area contributed by atoms with Crippen LogP contribution in [0.3, 0.4) is 0 Å². The van der Waals surface area contributed by atoms with Crippen LogP contribution in [-0.2, 0) is 30.3 Å². The predicted octanol–water partition coefficient (Wildman–Crippen LogP) is 2.93. The number of aliphatic hydroxyl groups is 1. The lowest BCUT2D eigenvalue weighted by atomic mass is 9.71. The summed E-state index contributed by atoms with van der Waals surface area (Å²) in [4.78, 5) is 48.6. The molecule has 0 radical (unpaired) electrons. The molecule has 5 rings (SSSR count). The monoisotopic (exact) mass is 625 g/mol. The number of unbranched alkanes of at least 4 members (excludes halogenated alkanes) is 2. The Morgan fingerprint density at radius 2 is 1.95 bits per heavy atom. The molecule has 4 aliphatic rings. The standard InChI is InChI=1S/C34H47N3O6S/c1-3-5-6-10-20-43-33(41)28-27-13-14-34(44-27)29(28)31(39)37(26(24-38)23-25-11-8-7-9-12-25)30(34)32(40)36(15-4-2)17-16-35-18-21-42-22-19-35/h3-4,7-9,11-12,26-30,38H,1-2,5-6,10,13-24H2/t26-,27+,28-,29+,30?,34?/m1/s1. The summed E-state index contributed by atoms with van der Waals surface area (Å²) in [6.07, 6.45) is 7.90. The number of fused-ring (bicyclic) bond motifs is 1. The molecule has 10 heteroatoms. The van der Waals surface area contributed by atoms with Crippen LogP contribution in [0.2, 0.25) is 0 Å². The van der Waals surface area contributed by atoms with E-state index in [1.165, 1.54) is 0 Å². The number of allylic oxidation sites excluding steroid dienone is 1. The van der Waals surface area contributed by atoms with Gasteiger partial charge >= 0.3 is 5.97 Å². The van der Waals surface area contributed by atoms with Gasteiger partial charge in [-0.25, -0.2) is 0 Å². The number of rotatable bonds is 16. The third-order valence-corrected chi connectivity index (χ3v) is 11.6. The molecule has 4 aliphatic heterocycles. The highest BCUT2D eigenvalue weighted by molar-refractivity contribution is 8.02. The van der Waals surface area contributed by atoms with Gasteiger partial charge in [-0.3, -0.25) is 19.3 Å².